The van der Waals surface area contributed by atoms with Crippen molar-refractivity contribution in [1.82, 2.24) is 10.2 Å². The maximum Gasteiger partial charge on any atom is 0.338 e. The Morgan fingerprint density at radius 3 is 2.41 bits per heavy atom. The summed E-state index contributed by atoms with van der Waals surface area (Å²) in [4.78, 5) is 50.4. The van der Waals surface area contributed by atoms with Gasteiger partial charge in [-0.3, -0.25) is 19.3 Å². The molecule has 2 aromatic carbocycles. The summed E-state index contributed by atoms with van der Waals surface area (Å²) in [5.74, 6) is -1.95. The molecule has 0 unspecified atom stereocenters. The van der Waals surface area contributed by atoms with Crippen LogP contribution in [-0.4, -0.2) is 41.2 Å². The fourth-order valence-electron chi connectivity index (χ4n) is 3.03. The molecule has 0 saturated carbocycles. The van der Waals surface area contributed by atoms with Gasteiger partial charge in [-0.25, -0.2) is 4.79 Å². The van der Waals surface area contributed by atoms with Gasteiger partial charge >= 0.3 is 5.97 Å². The van der Waals surface area contributed by atoms with Gasteiger partial charge in [0.2, 0.25) is 0 Å². The number of carbonyl (C=O) groups is 4. The molecule has 7 nitrogen and oxygen atoms in total. The number of rotatable bonds is 7. The maximum absolute atomic E-state index is 12.6. The maximum atomic E-state index is 12.6. The van der Waals surface area contributed by atoms with E-state index in [1.165, 1.54) is 23.1 Å². The lowest BCUT2D eigenvalue weighted by molar-refractivity contribution is -0.124. The molecule has 29 heavy (non-hydrogen) atoms. The van der Waals surface area contributed by atoms with Crippen LogP contribution in [0.2, 0.25) is 0 Å². The summed E-state index contributed by atoms with van der Waals surface area (Å²) in [5, 5.41) is 2.66. The molecule has 0 aliphatic carbocycles. The van der Waals surface area contributed by atoms with Crippen LogP contribution >= 0.6 is 0 Å². The third-order valence-corrected chi connectivity index (χ3v) is 4.85. The second kappa shape index (κ2) is 8.68. The third kappa shape index (κ3) is 4.34. The Labute approximate surface area is 168 Å². The zero-order chi connectivity index (χ0) is 21.0. The van der Waals surface area contributed by atoms with Gasteiger partial charge in [0, 0.05) is 12.6 Å². The number of benzene rings is 2. The monoisotopic (exact) mass is 394 g/mol. The van der Waals surface area contributed by atoms with Crippen molar-refractivity contribution in [1.29, 1.82) is 0 Å². The Hall–Kier alpha value is -3.48. The van der Waals surface area contributed by atoms with Crippen molar-refractivity contribution < 1.29 is 23.9 Å². The number of amides is 3. The number of nitrogens with zero attached hydrogens (tertiary/aromatic N) is 1. The van der Waals surface area contributed by atoms with Crippen molar-refractivity contribution in [2.75, 3.05) is 6.61 Å². The zero-order valence-electron chi connectivity index (χ0n) is 16.3. The number of imide groups is 1. The van der Waals surface area contributed by atoms with Gasteiger partial charge in [0.05, 0.1) is 16.7 Å². The van der Waals surface area contributed by atoms with Crippen LogP contribution in [0, 0.1) is 0 Å². The molecule has 150 valence electrons. The van der Waals surface area contributed by atoms with E-state index in [-0.39, 0.29) is 28.6 Å². The van der Waals surface area contributed by atoms with Gasteiger partial charge in [-0.1, -0.05) is 37.3 Å². The van der Waals surface area contributed by atoms with E-state index in [0.29, 0.717) is 13.0 Å². The first-order valence-corrected chi connectivity index (χ1v) is 9.42. The minimum atomic E-state index is -0.732. The second-order valence-corrected chi connectivity index (χ2v) is 6.84. The molecular weight excluding hydrogens is 372 g/mol. The minimum absolute atomic E-state index is 0.117. The van der Waals surface area contributed by atoms with Gasteiger partial charge in [0.15, 0.2) is 6.61 Å². The first kappa shape index (κ1) is 20.3. The van der Waals surface area contributed by atoms with E-state index in [1.807, 2.05) is 37.3 Å². The summed E-state index contributed by atoms with van der Waals surface area (Å²) in [7, 11) is 0. The van der Waals surface area contributed by atoms with E-state index < -0.39 is 24.4 Å². The molecule has 0 aromatic heterocycles. The van der Waals surface area contributed by atoms with E-state index >= 15 is 0 Å². The average Bonchev–Trinajstić information content (AvgIpc) is 3.00. The molecule has 1 aliphatic rings. The van der Waals surface area contributed by atoms with Gasteiger partial charge < -0.3 is 10.1 Å². The lowest BCUT2D eigenvalue weighted by atomic mass is 10.1. The van der Waals surface area contributed by atoms with Crippen molar-refractivity contribution in [2.24, 2.45) is 0 Å². The van der Waals surface area contributed by atoms with E-state index in [4.69, 9.17) is 4.74 Å². The van der Waals surface area contributed by atoms with E-state index in [0.717, 1.165) is 5.56 Å². The molecule has 7 heteroatoms. The molecule has 1 heterocycles. The van der Waals surface area contributed by atoms with Crippen LogP contribution in [0.3, 0.4) is 0 Å². The number of esters is 1. The molecule has 0 bridgehead atoms. The number of hydrogen-bond donors (Lipinski definition) is 1. The number of nitrogens with one attached hydrogen (secondary N) is 1. The highest BCUT2D eigenvalue weighted by atomic mass is 16.5. The van der Waals surface area contributed by atoms with Crippen LogP contribution in [-0.2, 0) is 16.1 Å². The quantitative estimate of drug-likeness (QED) is 0.575. The molecule has 1 atom stereocenters. The van der Waals surface area contributed by atoms with Crippen LogP contribution in [0.15, 0.2) is 48.5 Å². The fraction of sp³-hybridized carbons (Fsp3) is 0.273. The highest BCUT2D eigenvalue weighted by molar-refractivity contribution is 6.22. The summed E-state index contributed by atoms with van der Waals surface area (Å²) in [6.45, 7) is 3.58. The first-order valence-electron chi connectivity index (χ1n) is 9.42. The first-order chi connectivity index (χ1) is 13.9. The fourth-order valence-corrected chi connectivity index (χ4v) is 3.03. The molecule has 3 rings (SSSR count). The SMILES string of the molecule is CC[C@H](C)N1C(=O)c2ccc(C(=O)OCC(=O)NCc3ccccc3)cc2C1=O. The molecule has 1 aliphatic heterocycles. The summed E-state index contributed by atoms with van der Waals surface area (Å²) >= 11 is 0. The standard InChI is InChI=1S/C22H22N2O5/c1-3-14(2)24-20(26)17-10-9-16(11-18(17)21(24)27)22(28)29-13-19(25)23-12-15-7-5-4-6-8-15/h4-11,14H,3,12-13H2,1-2H3,(H,23,25)/t14-/m0/s1. The van der Waals surface area contributed by atoms with Crippen LogP contribution in [0.5, 0.6) is 0 Å². The van der Waals surface area contributed by atoms with Crippen molar-refractivity contribution in [2.45, 2.75) is 32.9 Å². The summed E-state index contributed by atoms with van der Waals surface area (Å²) in [5.41, 5.74) is 1.50. The molecule has 0 spiro atoms. The van der Waals surface area contributed by atoms with E-state index in [1.54, 1.807) is 6.92 Å². The van der Waals surface area contributed by atoms with Crippen LogP contribution < -0.4 is 5.32 Å². The predicted molar refractivity (Wildman–Crippen MR) is 105 cm³/mol. The normalized spacial score (nSPS) is 13.8. The Bertz CT molecular complexity index is 955. The van der Waals surface area contributed by atoms with Crippen molar-refractivity contribution >= 4 is 23.7 Å². The van der Waals surface area contributed by atoms with E-state index in [2.05, 4.69) is 5.32 Å². The highest BCUT2D eigenvalue weighted by Crippen LogP contribution is 2.26. The lowest BCUT2D eigenvalue weighted by Crippen LogP contribution is -2.37. The predicted octanol–water partition coefficient (Wildman–Crippen LogP) is 2.55. The van der Waals surface area contributed by atoms with Crippen LogP contribution in [0.1, 0.15) is 56.9 Å². The number of ether oxygens (including phenoxy) is 1. The summed E-state index contributed by atoms with van der Waals surface area (Å²) < 4.78 is 5.03. The third-order valence-electron chi connectivity index (χ3n) is 4.85. The molecule has 0 radical (unpaired) electrons. The Kier molecular flexibility index (Phi) is 6.07. The second-order valence-electron chi connectivity index (χ2n) is 6.84. The number of carbonyl (C=O) groups excluding carboxylic acids is 4. The Morgan fingerprint density at radius 2 is 1.72 bits per heavy atom. The summed E-state index contributed by atoms with van der Waals surface area (Å²) in [6.07, 6.45) is 0.637. The smallest absolute Gasteiger partial charge is 0.338 e. The average molecular weight is 394 g/mol. The van der Waals surface area contributed by atoms with Crippen molar-refractivity contribution in [3.8, 4) is 0 Å². The van der Waals surface area contributed by atoms with Gasteiger partial charge in [0.1, 0.15) is 0 Å². The Balaban J connectivity index is 1.60. The van der Waals surface area contributed by atoms with Crippen LogP contribution in [0.25, 0.3) is 0 Å². The number of hydrogen-bond acceptors (Lipinski definition) is 5. The van der Waals surface area contributed by atoms with Gasteiger partial charge in [-0.05, 0) is 37.1 Å². The highest BCUT2D eigenvalue weighted by Gasteiger charge is 2.38. The minimum Gasteiger partial charge on any atom is -0.452 e. The van der Waals surface area contributed by atoms with Gasteiger partial charge in [-0.2, -0.15) is 0 Å². The van der Waals surface area contributed by atoms with Gasteiger partial charge in [-0.15, -0.1) is 0 Å². The topological polar surface area (TPSA) is 92.8 Å². The molecule has 3 amide bonds. The van der Waals surface area contributed by atoms with Crippen LogP contribution in [0.4, 0.5) is 0 Å². The molecule has 0 saturated heterocycles. The van der Waals surface area contributed by atoms with Gasteiger partial charge in [0.25, 0.3) is 17.7 Å². The molecule has 2 aromatic rings. The lowest BCUT2D eigenvalue weighted by Gasteiger charge is -2.20. The molecular formula is C22H22N2O5. The Morgan fingerprint density at radius 1 is 1.03 bits per heavy atom. The summed E-state index contributed by atoms with van der Waals surface area (Å²) in [6, 6.07) is 13.3. The molecule has 1 N–H and O–H groups in total. The molecule has 0 fully saturated rings. The van der Waals surface area contributed by atoms with Crippen molar-refractivity contribution in [3.63, 3.8) is 0 Å². The van der Waals surface area contributed by atoms with E-state index in [9.17, 15) is 19.2 Å². The largest absolute Gasteiger partial charge is 0.452 e. The zero-order valence-corrected chi connectivity index (χ0v) is 16.3. The van der Waals surface area contributed by atoms with Crippen molar-refractivity contribution in [3.05, 3.63) is 70.8 Å². The number of fused-ring (bicyclic) bond motifs is 1.